The fraction of sp³-hybridized carbons (Fsp3) is 0.917. The zero-order valence-electron chi connectivity index (χ0n) is 10.8. The number of hydrogen-bond acceptors (Lipinski definition) is 5. The van der Waals surface area contributed by atoms with E-state index in [0.717, 1.165) is 39.3 Å². The standard InChI is InChI=1S/C12H19F2N3O2/c13-12(14)5-10(19-11(12)18)8-16-1-3-17(4-2-16)9-6-15-7-9/h9-10,15H,1-8H2. The molecule has 0 bridgehead atoms. The van der Waals surface area contributed by atoms with Crippen LogP contribution in [0.4, 0.5) is 8.78 Å². The first-order chi connectivity index (χ1) is 9.04. The quantitative estimate of drug-likeness (QED) is 0.705. The molecule has 19 heavy (non-hydrogen) atoms. The molecule has 3 fully saturated rings. The van der Waals surface area contributed by atoms with Crippen molar-refractivity contribution in [3.63, 3.8) is 0 Å². The maximum absolute atomic E-state index is 13.1. The first-order valence-corrected chi connectivity index (χ1v) is 6.80. The summed E-state index contributed by atoms with van der Waals surface area (Å²) in [6.45, 7) is 6.16. The summed E-state index contributed by atoms with van der Waals surface area (Å²) in [5.41, 5.74) is 0. The lowest BCUT2D eigenvalue weighted by Crippen LogP contribution is -2.61. The van der Waals surface area contributed by atoms with E-state index < -0.39 is 24.4 Å². The minimum Gasteiger partial charge on any atom is -0.456 e. The minimum atomic E-state index is -3.29. The number of cyclic esters (lactones) is 1. The summed E-state index contributed by atoms with van der Waals surface area (Å²) in [5, 5.41) is 3.25. The van der Waals surface area contributed by atoms with Gasteiger partial charge in [0, 0.05) is 51.9 Å². The number of carbonyl (C=O) groups excluding carboxylic acids is 1. The maximum atomic E-state index is 13.1. The Labute approximate surface area is 110 Å². The van der Waals surface area contributed by atoms with E-state index >= 15 is 0 Å². The van der Waals surface area contributed by atoms with Crippen LogP contribution in [0, 0.1) is 0 Å². The van der Waals surface area contributed by atoms with Gasteiger partial charge in [0.1, 0.15) is 6.10 Å². The summed E-state index contributed by atoms with van der Waals surface area (Å²) in [6, 6.07) is 0.635. The monoisotopic (exact) mass is 275 g/mol. The highest BCUT2D eigenvalue weighted by Gasteiger charge is 2.51. The Morgan fingerprint density at radius 3 is 2.42 bits per heavy atom. The number of hydrogen-bond donors (Lipinski definition) is 1. The topological polar surface area (TPSA) is 44.8 Å². The van der Waals surface area contributed by atoms with Crippen molar-refractivity contribution in [2.75, 3.05) is 45.8 Å². The number of halogens is 2. The number of nitrogens with zero attached hydrogens (tertiary/aromatic N) is 2. The van der Waals surface area contributed by atoms with Gasteiger partial charge in [-0.3, -0.25) is 9.80 Å². The van der Waals surface area contributed by atoms with Crippen LogP contribution in [0.5, 0.6) is 0 Å². The molecule has 3 aliphatic rings. The largest absolute Gasteiger partial charge is 0.456 e. The lowest BCUT2D eigenvalue weighted by atomic mass is 10.1. The van der Waals surface area contributed by atoms with Crippen LogP contribution in [0.2, 0.25) is 0 Å². The highest BCUT2D eigenvalue weighted by atomic mass is 19.3. The van der Waals surface area contributed by atoms with Gasteiger partial charge in [-0.15, -0.1) is 0 Å². The molecule has 3 rings (SSSR count). The molecule has 0 saturated carbocycles. The van der Waals surface area contributed by atoms with Crippen molar-refractivity contribution in [3.8, 4) is 0 Å². The summed E-state index contributed by atoms with van der Waals surface area (Å²) >= 11 is 0. The van der Waals surface area contributed by atoms with Crippen LogP contribution in [0.25, 0.3) is 0 Å². The molecule has 0 spiro atoms. The summed E-state index contributed by atoms with van der Waals surface area (Å²) in [4.78, 5) is 15.5. The molecule has 3 aliphatic heterocycles. The molecule has 108 valence electrons. The highest BCUT2D eigenvalue weighted by molar-refractivity contribution is 5.79. The Kier molecular flexibility index (Phi) is 3.44. The van der Waals surface area contributed by atoms with E-state index in [-0.39, 0.29) is 0 Å². The maximum Gasteiger partial charge on any atom is 0.377 e. The van der Waals surface area contributed by atoms with Gasteiger partial charge in [0.25, 0.3) is 0 Å². The molecule has 3 heterocycles. The second kappa shape index (κ2) is 4.96. The molecule has 7 heteroatoms. The molecule has 1 N–H and O–H groups in total. The van der Waals surface area contributed by atoms with E-state index in [1.54, 1.807) is 0 Å². The Hall–Kier alpha value is -0.790. The lowest BCUT2D eigenvalue weighted by Gasteiger charge is -2.43. The van der Waals surface area contributed by atoms with Crippen molar-refractivity contribution < 1.29 is 18.3 Å². The summed E-state index contributed by atoms with van der Waals surface area (Å²) in [7, 11) is 0. The van der Waals surface area contributed by atoms with Gasteiger partial charge in [-0.1, -0.05) is 0 Å². The Balaban J connectivity index is 1.44. The van der Waals surface area contributed by atoms with Crippen molar-refractivity contribution in [2.45, 2.75) is 24.5 Å². The molecule has 1 unspecified atom stereocenters. The molecular weight excluding hydrogens is 256 g/mol. The molecule has 5 nitrogen and oxygen atoms in total. The van der Waals surface area contributed by atoms with Crippen molar-refractivity contribution in [1.29, 1.82) is 0 Å². The first-order valence-electron chi connectivity index (χ1n) is 6.80. The number of alkyl halides is 2. The molecule has 0 aromatic heterocycles. The van der Waals surface area contributed by atoms with E-state index in [1.807, 2.05) is 0 Å². The highest BCUT2D eigenvalue weighted by Crippen LogP contribution is 2.31. The molecule has 0 aliphatic carbocycles. The number of rotatable bonds is 3. The number of ether oxygens (including phenoxy) is 1. The van der Waals surface area contributed by atoms with Crippen LogP contribution < -0.4 is 5.32 Å². The van der Waals surface area contributed by atoms with Gasteiger partial charge < -0.3 is 10.1 Å². The summed E-state index contributed by atoms with van der Waals surface area (Å²) < 4.78 is 30.8. The zero-order valence-corrected chi connectivity index (χ0v) is 10.8. The number of nitrogens with one attached hydrogen (secondary N) is 1. The van der Waals surface area contributed by atoms with Crippen molar-refractivity contribution in [2.24, 2.45) is 0 Å². The molecule has 1 atom stereocenters. The van der Waals surface area contributed by atoms with Gasteiger partial charge in [0.2, 0.25) is 0 Å². The van der Waals surface area contributed by atoms with Gasteiger partial charge >= 0.3 is 11.9 Å². The third-order valence-corrected chi connectivity index (χ3v) is 4.20. The normalized spacial score (nSPS) is 33.2. The Morgan fingerprint density at radius 2 is 1.95 bits per heavy atom. The van der Waals surface area contributed by atoms with E-state index in [0.29, 0.717) is 12.6 Å². The van der Waals surface area contributed by atoms with Crippen molar-refractivity contribution in [3.05, 3.63) is 0 Å². The average molecular weight is 275 g/mol. The lowest BCUT2D eigenvalue weighted by molar-refractivity contribution is -0.159. The number of carbonyl (C=O) groups is 1. The van der Waals surface area contributed by atoms with E-state index in [2.05, 4.69) is 15.1 Å². The van der Waals surface area contributed by atoms with Gasteiger partial charge in [0.15, 0.2) is 0 Å². The minimum absolute atomic E-state index is 0.429. The molecule has 0 aromatic rings. The van der Waals surface area contributed by atoms with E-state index in [4.69, 9.17) is 4.74 Å². The number of esters is 1. The van der Waals surface area contributed by atoms with Crippen LogP contribution in [-0.4, -0.2) is 79.7 Å². The molecule has 0 radical (unpaired) electrons. The Bertz CT molecular complexity index is 355. The third-order valence-electron chi connectivity index (χ3n) is 4.20. The Morgan fingerprint density at radius 1 is 1.26 bits per heavy atom. The van der Waals surface area contributed by atoms with Crippen LogP contribution in [0.3, 0.4) is 0 Å². The van der Waals surface area contributed by atoms with Gasteiger partial charge in [0.05, 0.1) is 6.42 Å². The smallest absolute Gasteiger partial charge is 0.377 e. The molecule has 3 saturated heterocycles. The second-order valence-electron chi connectivity index (χ2n) is 5.58. The van der Waals surface area contributed by atoms with E-state index in [9.17, 15) is 13.6 Å². The van der Waals surface area contributed by atoms with Crippen molar-refractivity contribution in [1.82, 2.24) is 15.1 Å². The SMILES string of the molecule is O=C1OC(CN2CCN(C3CNC3)CC2)CC1(F)F. The van der Waals surface area contributed by atoms with Crippen LogP contribution in [0.1, 0.15) is 6.42 Å². The predicted molar refractivity (Wildman–Crippen MR) is 64.1 cm³/mol. The fourth-order valence-corrected chi connectivity index (χ4v) is 2.88. The van der Waals surface area contributed by atoms with Gasteiger partial charge in [-0.2, -0.15) is 8.78 Å². The van der Waals surface area contributed by atoms with Crippen molar-refractivity contribution >= 4 is 5.97 Å². The summed E-state index contributed by atoms with van der Waals surface area (Å²) in [6.07, 6.45) is -1.13. The van der Waals surface area contributed by atoms with Crippen LogP contribution >= 0.6 is 0 Å². The summed E-state index contributed by atoms with van der Waals surface area (Å²) in [5.74, 6) is -4.65. The van der Waals surface area contributed by atoms with Gasteiger partial charge in [-0.25, -0.2) is 4.79 Å². The first kappa shape index (κ1) is 13.2. The molecule has 0 aromatic carbocycles. The predicted octanol–water partition coefficient (Wildman–Crippen LogP) is -0.473. The average Bonchev–Trinajstić information content (AvgIpc) is 2.53. The third kappa shape index (κ3) is 2.73. The van der Waals surface area contributed by atoms with Gasteiger partial charge in [-0.05, 0) is 0 Å². The van der Waals surface area contributed by atoms with Crippen LogP contribution in [0.15, 0.2) is 0 Å². The van der Waals surface area contributed by atoms with Crippen LogP contribution in [-0.2, 0) is 9.53 Å². The molecular formula is C12H19F2N3O2. The number of piperazine rings is 1. The fourth-order valence-electron chi connectivity index (χ4n) is 2.88. The van der Waals surface area contributed by atoms with E-state index in [1.165, 1.54) is 0 Å². The second-order valence-corrected chi connectivity index (χ2v) is 5.58. The zero-order chi connectivity index (χ0) is 13.5. The molecule has 0 amide bonds.